The fourth-order valence-electron chi connectivity index (χ4n) is 4.30. The number of fused-ring (bicyclic) bond motifs is 2. The van der Waals surface area contributed by atoms with E-state index in [1.54, 1.807) is 11.1 Å². The second-order valence-electron chi connectivity index (χ2n) is 8.24. The van der Waals surface area contributed by atoms with Crippen molar-refractivity contribution in [3.8, 4) is 0 Å². The topological polar surface area (TPSA) is 0 Å². The van der Waals surface area contributed by atoms with E-state index >= 15 is 0 Å². The quantitative estimate of drug-likeness (QED) is 0.439. The van der Waals surface area contributed by atoms with Crippen LogP contribution < -0.4 is 0 Å². The zero-order chi connectivity index (χ0) is 18.0. The molecule has 0 saturated carbocycles. The zero-order valence-electron chi connectivity index (χ0n) is 16.1. The van der Waals surface area contributed by atoms with Crippen molar-refractivity contribution in [1.82, 2.24) is 0 Å². The Morgan fingerprint density at radius 3 is 1.36 bits per heavy atom. The Balaban J connectivity index is 1.76. The zero-order valence-corrected chi connectivity index (χ0v) is 19.7. The van der Waals surface area contributed by atoms with Crippen molar-refractivity contribution in [2.75, 3.05) is 0 Å². The van der Waals surface area contributed by atoms with E-state index in [0.29, 0.717) is 0 Å². The summed E-state index contributed by atoms with van der Waals surface area (Å²) in [5, 5.41) is 0. The van der Waals surface area contributed by atoms with Crippen LogP contribution in [0.3, 0.4) is 0 Å². The molecule has 126 valence electrons. The first-order chi connectivity index (χ1) is 11.7. The second-order valence-corrected chi connectivity index (χ2v) is 16.6. The van der Waals surface area contributed by atoms with E-state index in [0.717, 1.165) is 0 Å². The summed E-state index contributed by atoms with van der Waals surface area (Å²) in [6, 6.07) is 9.68. The summed E-state index contributed by atoms with van der Waals surface area (Å²) >= 11 is -1.11. The average Bonchev–Trinajstić information content (AvgIpc) is 3.00. The molecule has 0 fully saturated rings. The van der Waals surface area contributed by atoms with Gasteiger partial charge in [-0.25, -0.2) is 0 Å². The van der Waals surface area contributed by atoms with Gasteiger partial charge in [0.1, 0.15) is 0 Å². The molecule has 0 radical (unpaired) electrons. The van der Waals surface area contributed by atoms with Crippen LogP contribution in [0.15, 0.2) is 36.4 Å². The molecule has 0 N–H and O–H groups in total. The van der Waals surface area contributed by atoms with E-state index in [2.05, 4.69) is 90.1 Å². The Hall–Kier alpha value is -1.21. The molecule has 2 aromatic rings. The second kappa shape index (κ2) is 5.64. The first-order valence-electron chi connectivity index (χ1n) is 9.13. The Labute approximate surface area is 163 Å². The van der Waals surface area contributed by atoms with Crippen molar-refractivity contribution in [1.29, 1.82) is 0 Å². The third-order valence-electron chi connectivity index (χ3n) is 6.16. The van der Waals surface area contributed by atoms with E-state index in [4.69, 9.17) is 0 Å². The third kappa shape index (κ3) is 2.67. The average molecular weight is 493 g/mol. The van der Waals surface area contributed by atoms with Crippen molar-refractivity contribution in [3.05, 3.63) is 80.9 Å². The van der Waals surface area contributed by atoms with Crippen molar-refractivity contribution in [2.45, 2.75) is 47.9 Å². The maximum absolute atomic E-state index is 2.51. The molecule has 0 aromatic heterocycles. The summed E-state index contributed by atoms with van der Waals surface area (Å²) in [6.45, 7) is 13.9. The molecular formula is C24H26Hf. The summed E-state index contributed by atoms with van der Waals surface area (Å²) < 4.78 is 0.570. The normalized spacial score (nSPS) is 26.0. The maximum atomic E-state index is 2.51. The Morgan fingerprint density at radius 2 is 0.960 bits per heavy atom. The minimum atomic E-state index is -1.11. The summed E-state index contributed by atoms with van der Waals surface area (Å²) in [7, 11) is 0. The molecule has 25 heavy (non-hydrogen) atoms. The van der Waals surface area contributed by atoms with Crippen LogP contribution in [-0.2, 0) is 29.2 Å². The molecule has 2 unspecified atom stereocenters. The number of benzene rings is 2. The standard InChI is InChI=1S/2C12H13.Hf/c2*1-8-4-5-11-6-9(2)10(3)7-12(8)11;/h2*4-7H,1-3H3;. The molecule has 2 atom stereocenters. The molecule has 0 amide bonds. The van der Waals surface area contributed by atoms with E-state index in [1.165, 1.54) is 33.4 Å². The van der Waals surface area contributed by atoms with Crippen LogP contribution in [0.2, 0.25) is 0 Å². The van der Waals surface area contributed by atoms with Crippen LogP contribution in [0.25, 0.3) is 12.2 Å². The molecule has 2 aliphatic rings. The van der Waals surface area contributed by atoms with Gasteiger partial charge in [0, 0.05) is 0 Å². The van der Waals surface area contributed by atoms with Crippen molar-refractivity contribution in [2.24, 2.45) is 0 Å². The number of allylic oxidation sites excluding steroid dienone is 2. The fraction of sp³-hybridized carbons (Fsp3) is 0.333. The predicted octanol–water partition coefficient (Wildman–Crippen LogP) is 6.19. The number of rotatable bonds is 2. The van der Waals surface area contributed by atoms with E-state index < -0.39 is 22.9 Å². The van der Waals surface area contributed by atoms with E-state index in [9.17, 15) is 0 Å². The monoisotopic (exact) mass is 494 g/mol. The third-order valence-corrected chi connectivity index (χ3v) is 13.0. The van der Waals surface area contributed by atoms with Crippen LogP contribution in [0.5, 0.6) is 0 Å². The van der Waals surface area contributed by atoms with Crippen LogP contribution in [-0.4, -0.2) is 0 Å². The summed E-state index contributed by atoms with van der Waals surface area (Å²) in [5.41, 5.74) is 11.7. The van der Waals surface area contributed by atoms with Gasteiger partial charge in [0.2, 0.25) is 0 Å². The first-order valence-corrected chi connectivity index (χ1v) is 12.7. The Bertz CT molecular complexity index is 870. The molecule has 4 rings (SSSR count). The number of hydrogen-bond donors (Lipinski definition) is 0. The Kier molecular flexibility index (Phi) is 3.89. The van der Waals surface area contributed by atoms with Crippen molar-refractivity contribution >= 4 is 12.2 Å². The van der Waals surface area contributed by atoms with Crippen LogP contribution in [0, 0.1) is 27.7 Å². The molecule has 0 nitrogen and oxygen atoms in total. The molecule has 0 aliphatic heterocycles. The molecule has 0 spiro atoms. The van der Waals surface area contributed by atoms with Gasteiger partial charge in [0.25, 0.3) is 0 Å². The van der Waals surface area contributed by atoms with Gasteiger partial charge in [-0.2, -0.15) is 0 Å². The van der Waals surface area contributed by atoms with Gasteiger partial charge in [-0.1, -0.05) is 0 Å². The molecular weight excluding hydrogens is 467 g/mol. The van der Waals surface area contributed by atoms with Gasteiger partial charge >= 0.3 is 164 Å². The number of hydrogen-bond acceptors (Lipinski definition) is 0. The molecule has 2 aliphatic carbocycles. The van der Waals surface area contributed by atoms with Gasteiger partial charge in [0.05, 0.1) is 0 Å². The molecule has 0 heterocycles. The predicted molar refractivity (Wildman–Crippen MR) is 105 cm³/mol. The van der Waals surface area contributed by atoms with Crippen LogP contribution >= 0.6 is 0 Å². The molecule has 2 aromatic carbocycles. The minimum absolute atomic E-state index is 0.285. The molecule has 1 heteroatoms. The van der Waals surface area contributed by atoms with Gasteiger partial charge in [0.15, 0.2) is 0 Å². The molecule has 0 saturated heterocycles. The van der Waals surface area contributed by atoms with Gasteiger partial charge in [-0.05, 0) is 0 Å². The van der Waals surface area contributed by atoms with Crippen molar-refractivity contribution in [3.63, 3.8) is 0 Å². The summed E-state index contributed by atoms with van der Waals surface area (Å²) in [5.74, 6) is 0. The first kappa shape index (κ1) is 17.2. The summed E-state index contributed by atoms with van der Waals surface area (Å²) in [4.78, 5) is 0. The van der Waals surface area contributed by atoms with Crippen molar-refractivity contribution < 1.29 is 22.9 Å². The summed E-state index contributed by atoms with van der Waals surface area (Å²) in [6.07, 6.45) is 9.77. The SMILES string of the molecule is Cc1cc2c(cc1C)[C](C)([Hf][C]1(C)C=Cc3cc(C)c(C)cc31)C=C2. The van der Waals surface area contributed by atoms with Crippen LogP contribution in [0.4, 0.5) is 0 Å². The fourth-order valence-corrected chi connectivity index (χ4v) is 11.9. The number of aryl methyl sites for hydroxylation is 4. The Morgan fingerprint density at radius 1 is 0.600 bits per heavy atom. The van der Waals surface area contributed by atoms with Gasteiger partial charge in [-0.15, -0.1) is 0 Å². The van der Waals surface area contributed by atoms with Gasteiger partial charge < -0.3 is 0 Å². The van der Waals surface area contributed by atoms with Crippen LogP contribution in [0.1, 0.15) is 58.4 Å². The van der Waals surface area contributed by atoms with E-state index in [1.807, 2.05) is 0 Å². The van der Waals surface area contributed by atoms with Gasteiger partial charge in [-0.3, -0.25) is 0 Å². The van der Waals surface area contributed by atoms with E-state index in [-0.39, 0.29) is 6.34 Å². The molecule has 0 bridgehead atoms.